The number of hydrogen-bond acceptors (Lipinski definition) is 4. The number of nitrogens with two attached hydrogens (primary N) is 1. The lowest BCUT2D eigenvalue weighted by Gasteiger charge is -2.12. The molecular formula is C11H12N6. The number of H-pyrrole nitrogens is 1. The van der Waals surface area contributed by atoms with Crippen LogP contribution in [0.2, 0.25) is 0 Å². The fraction of sp³-hybridized carbons (Fsp3) is 0.182. The van der Waals surface area contributed by atoms with Gasteiger partial charge in [0.15, 0.2) is 0 Å². The van der Waals surface area contributed by atoms with Gasteiger partial charge >= 0.3 is 0 Å². The van der Waals surface area contributed by atoms with Gasteiger partial charge in [-0.2, -0.15) is 5.10 Å². The number of rotatable bonds is 2. The predicted octanol–water partition coefficient (Wildman–Crippen LogP) is 1.35. The zero-order chi connectivity index (χ0) is 11.8. The minimum atomic E-state index is 0.0431. The lowest BCUT2D eigenvalue weighted by atomic mass is 10.2. The Morgan fingerprint density at radius 1 is 1.41 bits per heavy atom. The lowest BCUT2D eigenvalue weighted by molar-refractivity contribution is 0.573. The number of fused-ring (bicyclic) bond motifs is 1. The van der Waals surface area contributed by atoms with Crippen LogP contribution in [0.15, 0.2) is 31.0 Å². The molecule has 0 saturated carbocycles. The van der Waals surface area contributed by atoms with Gasteiger partial charge in [0.1, 0.15) is 11.0 Å². The van der Waals surface area contributed by atoms with E-state index in [9.17, 15) is 0 Å². The van der Waals surface area contributed by atoms with Crippen molar-refractivity contribution in [2.24, 2.45) is 0 Å². The number of anilines is 1. The molecule has 0 radical (unpaired) electrons. The van der Waals surface area contributed by atoms with E-state index < -0.39 is 0 Å². The first-order chi connectivity index (χ1) is 8.27. The zero-order valence-electron chi connectivity index (χ0n) is 9.33. The summed E-state index contributed by atoms with van der Waals surface area (Å²) in [5.74, 6) is 0. The molecule has 3 aromatic heterocycles. The minimum absolute atomic E-state index is 0.0431. The third-order valence-corrected chi connectivity index (χ3v) is 2.85. The number of aromatic amines is 1. The van der Waals surface area contributed by atoms with Gasteiger partial charge in [-0.15, -0.1) is 0 Å². The van der Waals surface area contributed by atoms with E-state index in [0.29, 0.717) is 5.69 Å². The Bertz CT molecular complexity index is 639. The van der Waals surface area contributed by atoms with Gasteiger partial charge < -0.3 is 10.7 Å². The van der Waals surface area contributed by atoms with E-state index in [0.717, 1.165) is 16.7 Å². The summed E-state index contributed by atoms with van der Waals surface area (Å²) >= 11 is 0. The molecule has 3 rings (SSSR count). The Kier molecular flexibility index (Phi) is 2.07. The van der Waals surface area contributed by atoms with Crippen molar-refractivity contribution >= 4 is 16.7 Å². The summed E-state index contributed by atoms with van der Waals surface area (Å²) in [4.78, 5) is 11.3. The monoisotopic (exact) mass is 228 g/mol. The van der Waals surface area contributed by atoms with Crippen LogP contribution in [-0.2, 0) is 0 Å². The van der Waals surface area contributed by atoms with Crippen molar-refractivity contribution in [3.8, 4) is 0 Å². The zero-order valence-corrected chi connectivity index (χ0v) is 9.33. The van der Waals surface area contributed by atoms with Crippen LogP contribution < -0.4 is 5.73 Å². The normalized spacial score (nSPS) is 13.0. The molecule has 0 bridgehead atoms. The molecule has 6 nitrogen and oxygen atoms in total. The maximum absolute atomic E-state index is 5.97. The Morgan fingerprint density at radius 2 is 2.29 bits per heavy atom. The highest BCUT2D eigenvalue weighted by atomic mass is 15.3. The molecule has 86 valence electrons. The van der Waals surface area contributed by atoms with Crippen LogP contribution in [0.1, 0.15) is 18.7 Å². The average Bonchev–Trinajstić information content (AvgIpc) is 2.98. The molecule has 3 aromatic rings. The van der Waals surface area contributed by atoms with Gasteiger partial charge in [-0.05, 0) is 13.0 Å². The number of aromatic nitrogens is 5. The summed E-state index contributed by atoms with van der Waals surface area (Å²) < 4.78 is 1.85. The second-order valence-corrected chi connectivity index (χ2v) is 3.91. The smallest absolute Gasteiger partial charge is 0.110 e. The van der Waals surface area contributed by atoms with E-state index in [4.69, 9.17) is 5.73 Å². The maximum atomic E-state index is 5.97. The van der Waals surface area contributed by atoms with Gasteiger partial charge in [0.2, 0.25) is 0 Å². The number of nitrogen functional groups attached to an aromatic ring is 1. The van der Waals surface area contributed by atoms with Gasteiger partial charge in [0.25, 0.3) is 0 Å². The third kappa shape index (κ3) is 1.45. The molecule has 0 spiro atoms. The van der Waals surface area contributed by atoms with Crippen LogP contribution >= 0.6 is 0 Å². The highest BCUT2D eigenvalue weighted by Crippen LogP contribution is 2.24. The molecule has 0 fully saturated rings. The van der Waals surface area contributed by atoms with Crippen molar-refractivity contribution in [1.29, 1.82) is 0 Å². The van der Waals surface area contributed by atoms with Crippen molar-refractivity contribution in [1.82, 2.24) is 24.7 Å². The Labute approximate surface area is 97.5 Å². The average molecular weight is 228 g/mol. The second-order valence-electron chi connectivity index (χ2n) is 3.91. The molecule has 0 aliphatic rings. The summed E-state index contributed by atoms with van der Waals surface area (Å²) in [6.07, 6.45) is 6.84. The van der Waals surface area contributed by atoms with Gasteiger partial charge in [-0.3, -0.25) is 9.67 Å². The largest absolute Gasteiger partial charge is 0.397 e. The molecule has 0 aromatic carbocycles. The van der Waals surface area contributed by atoms with Gasteiger partial charge in [-0.1, -0.05) is 0 Å². The topological polar surface area (TPSA) is 85.4 Å². The van der Waals surface area contributed by atoms with Crippen LogP contribution in [0.4, 0.5) is 5.69 Å². The van der Waals surface area contributed by atoms with Crippen molar-refractivity contribution < 1.29 is 0 Å². The summed E-state index contributed by atoms with van der Waals surface area (Å²) in [5, 5.41) is 4.34. The van der Waals surface area contributed by atoms with Crippen LogP contribution in [0.25, 0.3) is 11.0 Å². The Hall–Kier alpha value is -2.37. The first-order valence-electron chi connectivity index (χ1n) is 5.33. The first kappa shape index (κ1) is 9.83. The van der Waals surface area contributed by atoms with Crippen LogP contribution in [-0.4, -0.2) is 24.7 Å². The maximum Gasteiger partial charge on any atom is 0.110 e. The van der Waals surface area contributed by atoms with Crippen molar-refractivity contribution in [2.45, 2.75) is 13.0 Å². The first-order valence-corrected chi connectivity index (χ1v) is 5.33. The number of nitrogens with one attached hydrogen (secondary N) is 1. The standard InChI is InChI=1S/C11H12N6/c1-7(9-4-13-6-15-9)17-11-8(12)2-3-14-10(11)5-16-17/h2-7H,1H3,(H2,12,14)(H,13,15). The molecule has 0 aliphatic heterocycles. The van der Waals surface area contributed by atoms with Crippen molar-refractivity contribution in [3.63, 3.8) is 0 Å². The van der Waals surface area contributed by atoms with E-state index in [1.54, 1.807) is 31.0 Å². The molecule has 1 atom stereocenters. The molecule has 17 heavy (non-hydrogen) atoms. The number of hydrogen-bond donors (Lipinski definition) is 2. The van der Waals surface area contributed by atoms with E-state index in [-0.39, 0.29) is 6.04 Å². The van der Waals surface area contributed by atoms with Crippen molar-refractivity contribution in [3.05, 3.63) is 36.7 Å². The van der Waals surface area contributed by atoms with Crippen LogP contribution in [0.5, 0.6) is 0 Å². The van der Waals surface area contributed by atoms with E-state index in [2.05, 4.69) is 20.1 Å². The third-order valence-electron chi connectivity index (χ3n) is 2.85. The van der Waals surface area contributed by atoms with Crippen LogP contribution in [0, 0.1) is 0 Å². The molecule has 0 aliphatic carbocycles. The second kappa shape index (κ2) is 3.58. The van der Waals surface area contributed by atoms with Gasteiger partial charge in [-0.25, -0.2) is 4.98 Å². The molecule has 3 N–H and O–H groups in total. The summed E-state index contributed by atoms with van der Waals surface area (Å²) in [5.41, 5.74) is 9.29. The molecule has 0 saturated heterocycles. The Morgan fingerprint density at radius 3 is 3.06 bits per heavy atom. The van der Waals surface area contributed by atoms with E-state index >= 15 is 0 Å². The fourth-order valence-corrected chi connectivity index (χ4v) is 1.93. The van der Waals surface area contributed by atoms with Crippen LogP contribution in [0.3, 0.4) is 0 Å². The van der Waals surface area contributed by atoms with E-state index in [1.807, 2.05) is 11.6 Å². The molecular weight excluding hydrogens is 216 g/mol. The summed E-state index contributed by atoms with van der Waals surface area (Å²) in [6.45, 7) is 2.03. The quantitative estimate of drug-likeness (QED) is 0.693. The van der Waals surface area contributed by atoms with Gasteiger partial charge in [0.05, 0.1) is 36.1 Å². The summed E-state index contributed by atoms with van der Waals surface area (Å²) in [7, 11) is 0. The number of imidazole rings is 1. The van der Waals surface area contributed by atoms with Gasteiger partial charge in [0, 0.05) is 6.20 Å². The van der Waals surface area contributed by atoms with E-state index in [1.165, 1.54) is 0 Å². The number of pyridine rings is 1. The molecule has 3 heterocycles. The molecule has 6 heteroatoms. The highest BCUT2D eigenvalue weighted by Gasteiger charge is 2.15. The Balaban J connectivity index is 2.18. The fourth-order valence-electron chi connectivity index (χ4n) is 1.93. The highest BCUT2D eigenvalue weighted by molar-refractivity contribution is 5.86. The number of nitrogens with zero attached hydrogens (tertiary/aromatic N) is 4. The minimum Gasteiger partial charge on any atom is -0.397 e. The van der Waals surface area contributed by atoms with Crippen molar-refractivity contribution in [2.75, 3.05) is 5.73 Å². The molecule has 0 amide bonds. The summed E-state index contributed by atoms with van der Waals surface area (Å²) in [6, 6.07) is 1.82. The SMILES string of the molecule is CC(c1cnc[nH]1)n1ncc2nccc(N)c21. The lowest BCUT2D eigenvalue weighted by Crippen LogP contribution is -2.09. The molecule has 1 unspecified atom stereocenters. The predicted molar refractivity (Wildman–Crippen MR) is 64.3 cm³/mol.